The van der Waals surface area contributed by atoms with Gasteiger partial charge in [0.2, 0.25) is 0 Å². The molecule has 56 heavy (non-hydrogen) atoms. The monoisotopic (exact) mass is 820 g/mol. The van der Waals surface area contributed by atoms with Crippen molar-refractivity contribution in [2.45, 2.75) is 28.5 Å². The molecule has 0 heterocycles. The molecular formula is C35H28N6O12S3. The summed E-state index contributed by atoms with van der Waals surface area (Å²) in [7, 11) is -14.0. The molecule has 0 spiro atoms. The van der Waals surface area contributed by atoms with Gasteiger partial charge in [-0.25, -0.2) is 4.79 Å². The first-order chi connectivity index (χ1) is 26.2. The molecule has 0 aromatic heterocycles. The number of nitrogens with one attached hydrogen (secondary N) is 2. The molecule has 0 fully saturated rings. The highest BCUT2D eigenvalue weighted by atomic mass is 32.2. The second-order valence-electron chi connectivity index (χ2n) is 12.2. The number of phenols is 2. The topological polar surface area (TPSA) is 294 Å². The Labute approximate surface area is 318 Å². The maximum atomic E-state index is 12.9. The summed E-state index contributed by atoms with van der Waals surface area (Å²) in [6.45, 7) is 3.35. The lowest BCUT2D eigenvalue weighted by Crippen LogP contribution is -2.19. The fraction of sp³-hybridized carbons (Fsp3) is 0.0571. The van der Waals surface area contributed by atoms with Crippen LogP contribution in [0, 0.1) is 13.8 Å². The molecule has 0 unspecified atom stereocenters. The number of hydrogen-bond donors (Lipinski definition) is 7. The molecule has 6 rings (SSSR count). The minimum Gasteiger partial charge on any atom is -0.507 e. The third kappa shape index (κ3) is 8.62. The highest BCUT2D eigenvalue weighted by Crippen LogP contribution is 2.43. The van der Waals surface area contributed by atoms with Gasteiger partial charge in [-0.3, -0.25) is 13.7 Å². The van der Waals surface area contributed by atoms with Gasteiger partial charge in [-0.1, -0.05) is 0 Å². The van der Waals surface area contributed by atoms with Gasteiger partial charge in [-0.2, -0.15) is 40.6 Å². The quantitative estimate of drug-likeness (QED) is 0.0536. The number of carbonyl (C=O) groups excluding carboxylic acids is 1. The fourth-order valence-corrected chi connectivity index (χ4v) is 7.14. The van der Waals surface area contributed by atoms with Crippen molar-refractivity contribution >= 4 is 92.1 Å². The van der Waals surface area contributed by atoms with E-state index < -0.39 is 63.4 Å². The highest BCUT2D eigenvalue weighted by Gasteiger charge is 2.23. The summed E-state index contributed by atoms with van der Waals surface area (Å²) in [6, 6.07) is 18.8. The van der Waals surface area contributed by atoms with Gasteiger partial charge in [0.05, 0.1) is 26.9 Å². The lowest BCUT2D eigenvalue weighted by atomic mass is 10.1. The first-order valence-electron chi connectivity index (χ1n) is 15.8. The lowest BCUT2D eigenvalue weighted by Gasteiger charge is -2.12. The molecule has 0 bridgehead atoms. The van der Waals surface area contributed by atoms with E-state index in [9.17, 15) is 49.4 Å². The normalized spacial score (nSPS) is 12.5. The van der Waals surface area contributed by atoms with E-state index >= 15 is 0 Å². The van der Waals surface area contributed by atoms with Crippen molar-refractivity contribution in [3.8, 4) is 11.5 Å². The highest BCUT2D eigenvalue weighted by molar-refractivity contribution is 7.86. The number of aryl methyl sites for hydroxylation is 2. The zero-order valence-corrected chi connectivity index (χ0v) is 31.2. The smallest absolute Gasteiger partial charge is 0.323 e. The number of fused-ring (bicyclic) bond motifs is 2. The van der Waals surface area contributed by atoms with Crippen LogP contribution in [0.5, 0.6) is 11.5 Å². The fourth-order valence-electron chi connectivity index (χ4n) is 5.47. The molecular weight excluding hydrogens is 793 g/mol. The Morgan fingerprint density at radius 1 is 0.554 bits per heavy atom. The maximum Gasteiger partial charge on any atom is 0.323 e. The van der Waals surface area contributed by atoms with Crippen LogP contribution in [0.25, 0.3) is 21.5 Å². The molecule has 0 atom stereocenters. The molecule has 0 saturated carbocycles. The SMILES string of the molecule is Cc1cc(N=Nc2c(S(=O)(=O)O)cc3cc(NC(=O)Nc4ccc5c(O)cc(S(=O)(=O)O)cc5c4)ccc3c2O)c(C)cc1N=Nc1ccc(S(=O)(=O)O)cc1. The number of aromatic hydroxyl groups is 2. The average molecular weight is 821 g/mol. The van der Waals surface area contributed by atoms with Gasteiger partial charge in [-0.05, 0) is 121 Å². The van der Waals surface area contributed by atoms with Gasteiger partial charge < -0.3 is 20.8 Å². The molecule has 7 N–H and O–H groups in total. The van der Waals surface area contributed by atoms with Crippen molar-refractivity contribution < 1.29 is 53.9 Å². The van der Waals surface area contributed by atoms with Crippen LogP contribution < -0.4 is 10.6 Å². The van der Waals surface area contributed by atoms with Crippen LogP contribution in [-0.4, -0.2) is 55.2 Å². The molecule has 18 nitrogen and oxygen atoms in total. The molecule has 0 aliphatic rings. The Morgan fingerprint density at radius 3 is 1.61 bits per heavy atom. The Kier molecular flexibility index (Phi) is 10.3. The number of anilines is 2. The van der Waals surface area contributed by atoms with Gasteiger partial charge in [0.25, 0.3) is 30.4 Å². The largest absolute Gasteiger partial charge is 0.507 e. The Morgan fingerprint density at radius 2 is 1.07 bits per heavy atom. The third-order valence-corrected chi connectivity index (χ3v) is 10.8. The molecule has 0 radical (unpaired) electrons. The number of rotatable bonds is 9. The Bertz CT molecular complexity index is 3010. The molecule has 0 aliphatic carbocycles. The predicted molar refractivity (Wildman–Crippen MR) is 204 cm³/mol. The summed E-state index contributed by atoms with van der Waals surface area (Å²) in [5, 5.41) is 43.4. The summed E-state index contributed by atoms with van der Waals surface area (Å²) in [6.07, 6.45) is 0. The van der Waals surface area contributed by atoms with Crippen molar-refractivity contribution in [3.63, 3.8) is 0 Å². The standard InChI is InChI=1S/C35H28N6O12S3/c1-18-12-30(19(2)11-29(18)39-38-22-3-7-25(8-4-22)54(45,46)47)40-41-33-32(56(51,52)53)16-21-14-24(6-10-28(21)34(33)43)37-35(44)36-23-5-9-27-20(13-23)15-26(17-31(27)42)55(48,49)50/h3-17,42-43H,1-2H3,(H2,36,37,44)(H,45,46,47)(H,48,49,50)(H,51,52,53). The number of azo groups is 2. The van der Waals surface area contributed by atoms with Crippen molar-refractivity contribution in [2.75, 3.05) is 10.6 Å². The van der Waals surface area contributed by atoms with Crippen LogP contribution in [0.4, 0.5) is 38.9 Å². The first kappa shape index (κ1) is 39.3. The number of carbonyl (C=O) groups is 1. The summed E-state index contributed by atoms with van der Waals surface area (Å²) in [5.74, 6) is -1.05. The van der Waals surface area contributed by atoms with E-state index in [2.05, 4.69) is 31.1 Å². The van der Waals surface area contributed by atoms with Crippen LogP contribution >= 0.6 is 0 Å². The van der Waals surface area contributed by atoms with E-state index in [0.717, 1.165) is 18.2 Å². The molecule has 288 valence electrons. The zero-order chi connectivity index (χ0) is 40.7. The molecule has 6 aromatic carbocycles. The van der Waals surface area contributed by atoms with Crippen LogP contribution in [0.15, 0.2) is 126 Å². The number of benzene rings is 6. The lowest BCUT2D eigenvalue weighted by molar-refractivity contribution is 0.262. The van der Waals surface area contributed by atoms with E-state index in [0.29, 0.717) is 22.5 Å². The molecule has 2 amide bonds. The minimum atomic E-state index is -4.99. The van der Waals surface area contributed by atoms with Gasteiger partial charge >= 0.3 is 6.03 Å². The number of urea groups is 1. The van der Waals surface area contributed by atoms with Gasteiger partial charge in [0, 0.05) is 28.2 Å². The van der Waals surface area contributed by atoms with Gasteiger partial charge in [0.15, 0.2) is 5.75 Å². The first-order valence-corrected chi connectivity index (χ1v) is 20.1. The summed E-state index contributed by atoms with van der Waals surface area (Å²) in [4.78, 5) is 11.2. The van der Waals surface area contributed by atoms with Crippen LogP contribution in [0.3, 0.4) is 0 Å². The van der Waals surface area contributed by atoms with E-state index in [1.807, 2.05) is 0 Å². The average Bonchev–Trinajstić information content (AvgIpc) is 3.10. The van der Waals surface area contributed by atoms with Crippen LogP contribution in [0.1, 0.15) is 11.1 Å². The van der Waals surface area contributed by atoms with Crippen LogP contribution in [-0.2, 0) is 30.4 Å². The summed E-state index contributed by atoms with van der Waals surface area (Å²) >= 11 is 0. The number of amides is 2. The second-order valence-corrected chi connectivity index (χ2v) is 16.4. The number of phenolic OH excluding ortho intramolecular Hbond substituents is 2. The van der Waals surface area contributed by atoms with E-state index in [1.165, 1.54) is 60.7 Å². The van der Waals surface area contributed by atoms with Crippen molar-refractivity contribution in [1.82, 2.24) is 0 Å². The molecule has 21 heteroatoms. The molecule has 0 aliphatic heterocycles. The summed E-state index contributed by atoms with van der Waals surface area (Å²) < 4.78 is 99.2. The second kappa shape index (κ2) is 14.7. The third-order valence-electron chi connectivity index (χ3n) is 8.23. The Balaban J connectivity index is 1.24. The van der Waals surface area contributed by atoms with E-state index in [-0.39, 0.29) is 43.5 Å². The minimum absolute atomic E-state index is 0.0835. The maximum absolute atomic E-state index is 12.9. The van der Waals surface area contributed by atoms with E-state index in [4.69, 9.17) is 4.55 Å². The van der Waals surface area contributed by atoms with Gasteiger partial charge in [-0.15, -0.1) is 5.11 Å². The predicted octanol–water partition coefficient (Wildman–Crippen LogP) is 8.24. The number of nitrogens with zero attached hydrogens (tertiary/aromatic N) is 4. The van der Waals surface area contributed by atoms with Crippen molar-refractivity contribution in [3.05, 3.63) is 102 Å². The Hall–Kier alpha value is -6.36. The zero-order valence-electron chi connectivity index (χ0n) is 28.8. The van der Waals surface area contributed by atoms with E-state index in [1.54, 1.807) is 26.0 Å². The van der Waals surface area contributed by atoms with Crippen molar-refractivity contribution in [2.24, 2.45) is 20.5 Å². The van der Waals surface area contributed by atoms with Gasteiger partial charge in [0.1, 0.15) is 16.3 Å². The van der Waals surface area contributed by atoms with Crippen LogP contribution in [0.2, 0.25) is 0 Å². The molecule has 6 aromatic rings. The summed E-state index contributed by atoms with van der Waals surface area (Å²) in [5.41, 5.74) is 1.81. The van der Waals surface area contributed by atoms with Crippen molar-refractivity contribution in [1.29, 1.82) is 0 Å². The molecule has 0 saturated heterocycles. The number of hydrogen-bond acceptors (Lipinski definition) is 13.